The lowest BCUT2D eigenvalue weighted by Gasteiger charge is -2.37. The number of anilines is 1. The molecule has 136 valence electrons. The van der Waals surface area contributed by atoms with Gasteiger partial charge in [0.15, 0.2) is 5.78 Å². The number of aryl methyl sites for hydroxylation is 1. The number of Topliss-reactive ketones (excluding diaryl/α,β-unsaturated/α-hetero) is 1. The van der Waals surface area contributed by atoms with Crippen LogP contribution in [-0.2, 0) is 16.6 Å². The van der Waals surface area contributed by atoms with E-state index in [-0.39, 0.29) is 23.0 Å². The Morgan fingerprint density at radius 1 is 1.42 bits per heavy atom. The van der Waals surface area contributed by atoms with Crippen molar-refractivity contribution in [3.05, 3.63) is 54.3 Å². The second kappa shape index (κ2) is 5.39. The summed E-state index contributed by atoms with van der Waals surface area (Å²) in [5.74, 6) is -0.380. The van der Waals surface area contributed by atoms with Gasteiger partial charge in [-0.2, -0.15) is 0 Å². The Morgan fingerprint density at radius 3 is 2.81 bits per heavy atom. The number of carbonyl (C=O) groups is 1. The van der Waals surface area contributed by atoms with E-state index in [1.165, 1.54) is 6.07 Å². The summed E-state index contributed by atoms with van der Waals surface area (Å²) in [7, 11) is 1.68. The molecule has 0 spiro atoms. The van der Waals surface area contributed by atoms with Crippen molar-refractivity contribution >= 4 is 27.9 Å². The van der Waals surface area contributed by atoms with Gasteiger partial charge in [0.05, 0.1) is 22.8 Å². The number of nitrogens with zero attached hydrogens (tertiary/aromatic N) is 2. The molecule has 10 heteroatoms. The molecule has 1 atom stereocenters. The van der Waals surface area contributed by atoms with Crippen LogP contribution in [0.5, 0.6) is 0 Å². The number of hydrogen-bond donors (Lipinski definition) is 2. The van der Waals surface area contributed by atoms with Gasteiger partial charge in [-0.3, -0.25) is 29.5 Å². The van der Waals surface area contributed by atoms with Gasteiger partial charge in [0.2, 0.25) is 0 Å². The normalized spacial score (nSPS) is 21.2. The third-order valence-corrected chi connectivity index (χ3v) is 5.66. The van der Waals surface area contributed by atoms with Crippen molar-refractivity contribution in [3.63, 3.8) is 0 Å². The molecule has 0 amide bonds. The molecule has 2 aromatic rings. The maximum Gasteiger partial charge on any atom is 0.324 e. The summed E-state index contributed by atoms with van der Waals surface area (Å²) in [6.45, 7) is 3.55. The smallest absolute Gasteiger partial charge is 0.324 e. The molecule has 0 fully saturated rings. The molecule has 0 aromatic carbocycles. The summed E-state index contributed by atoms with van der Waals surface area (Å²) in [4.78, 5) is 36.2. The second-order valence-electron chi connectivity index (χ2n) is 6.82. The SMILES string of the molecule is Cn1[nH]c(=O)c2c1NC1=C(C(=O)C(C)(C)OC1)C2c1csc([N+](=O)[O-])c1. The van der Waals surface area contributed by atoms with Crippen LogP contribution in [0, 0.1) is 10.1 Å². The number of thiophene rings is 1. The Hall–Kier alpha value is -2.72. The van der Waals surface area contributed by atoms with Crippen LogP contribution in [0.4, 0.5) is 10.8 Å². The highest BCUT2D eigenvalue weighted by atomic mass is 32.1. The van der Waals surface area contributed by atoms with E-state index in [9.17, 15) is 19.7 Å². The van der Waals surface area contributed by atoms with Crippen molar-refractivity contribution in [3.8, 4) is 0 Å². The molecule has 0 saturated heterocycles. The molecule has 0 aliphatic carbocycles. The minimum Gasteiger partial charge on any atom is -0.361 e. The number of hydrogen-bond acceptors (Lipinski definition) is 7. The number of H-pyrrole nitrogens is 1. The fraction of sp³-hybridized carbons (Fsp3) is 0.375. The Labute approximate surface area is 151 Å². The average molecular weight is 376 g/mol. The van der Waals surface area contributed by atoms with Gasteiger partial charge in [0, 0.05) is 30.0 Å². The fourth-order valence-electron chi connectivity index (χ4n) is 3.45. The summed E-state index contributed by atoms with van der Waals surface area (Å²) in [6, 6.07) is 1.43. The van der Waals surface area contributed by atoms with Crippen molar-refractivity contribution in [1.82, 2.24) is 9.78 Å². The van der Waals surface area contributed by atoms with E-state index in [1.807, 2.05) is 0 Å². The Bertz CT molecular complexity index is 1040. The van der Waals surface area contributed by atoms with Crippen LogP contribution in [0.1, 0.15) is 30.9 Å². The highest BCUT2D eigenvalue weighted by Gasteiger charge is 2.46. The molecule has 4 heterocycles. The third kappa shape index (κ3) is 2.26. The number of rotatable bonds is 2. The Morgan fingerprint density at radius 2 is 2.15 bits per heavy atom. The lowest BCUT2D eigenvalue weighted by Crippen LogP contribution is -2.45. The predicted octanol–water partition coefficient (Wildman–Crippen LogP) is 1.87. The van der Waals surface area contributed by atoms with E-state index in [0.717, 1.165) is 11.3 Å². The monoisotopic (exact) mass is 376 g/mol. The number of aromatic nitrogens is 2. The number of fused-ring (bicyclic) bond motifs is 1. The van der Waals surface area contributed by atoms with E-state index in [4.69, 9.17) is 4.74 Å². The maximum atomic E-state index is 13.1. The maximum absolute atomic E-state index is 13.1. The summed E-state index contributed by atoms with van der Waals surface area (Å²) in [6.07, 6.45) is 0. The van der Waals surface area contributed by atoms with Gasteiger partial charge in [-0.05, 0) is 19.4 Å². The van der Waals surface area contributed by atoms with E-state index in [0.29, 0.717) is 28.2 Å². The molecule has 0 saturated carbocycles. The number of ether oxygens (including phenoxy) is 1. The first-order valence-corrected chi connectivity index (χ1v) is 8.79. The Kier molecular flexibility index (Phi) is 3.47. The van der Waals surface area contributed by atoms with Crippen molar-refractivity contribution in [2.45, 2.75) is 25.4 Å². The zero-order valence-corrected chi connectivity index (χ0v) is 15.1. The van der Waals surface area contributed by atoms with Crippen LogP contribution in [0.3, 0.4) is 0 Å². The first-order chi connectivity index (χ1) is 12.2. The highest BCUT2D eigenvalue weighted by Crippen LogP contribution is 2.45. The standard InChI is InChI=1S/C16H16N4O5S/c1-16(2)13(21)11-8(5-25-16)17-14-12(15(22)18-19(14)3)10(11)7-4-9(20(23)24)26-6-7/h4,6,10,17H,5H2,1-3H3,(H,18,22). The average Bonchev–Trinajstić information content (AvgIpc) is 3.16. The summed E-state index contributed by atoms with van der Waals surface area (Å²) >= 11 is 0.975. The van der Waals surface area contributed by atoms with E-state index in [2.05, 4.69) is 10.4 Å². The molecule has 2 aliphatic heterocycles. The van der Waals surface area contributed by atoms with Crippen LogP contribution in [-0.4, -0.2) is 32.7 Å². The van der Waals surface area contributed by atoms with Crippen LogP contribution < -0.4 is 10.9 Å². The number of nitrogens with one attached hydrogen (secondary N) is 2. The lowest BCUT2D eigenvalue weighted by molar-refractivity contribution is -0.380. The zero-order valence-electron chi connectivity index (χ0n) is 14.3. The van der Waals surface area contributed by atoms with E-state index in [1.54, 1.807) is 31.0 Å². The number of aromatic amines is 1. The summed E-state index contributed by atoms with van der Waals surface area (Å²) in [5, 5.41) is 18.5. The molecule has 0 radical (unpaired) electrons. The minimum atomic E-state index is -1.03. The van der Waals surface area contributed by atoms with Gasteiger partial charge in [0.25, 0.3) is 5.56 Å². The molecular formula is C16H16N4O5S. The molecule has 9 nitrogen and oxygen atoms in total. The van der Waals surface area contributed by atoms with Crippen LogP contribution in [0.2, 0.25) is 0 Å². The second-order valence-corrected chi connectivity index (χ2v) is 7.71. The van der Waals surface area contributed by atoms with Crippen molar-refractivity contribution in [2.75, 3.05) is 11.9 Å². The molecule has 0 bridgehead atoms. The van der Waals surface area contributed by atoms with Crippen molar-refractivity contribution in [2.24, 2.45) is 7.05 Å². The highest BCUT2D eigenvalue weighted by molar-refractivity contribution is 7.13. The molecule has 2 N–H and O–H groups in total. The third-order valence-electron chi connectivity index (χ3n) is 4.76. The minimum absolute atomic E-state index is 0.0339. The van der Waals surface area contributed by atoms with Gasteiger partial charge in [0.1, 0.15) is 11.4 Å². The van der Waals surface area contributed by atoms with Gasteiger partial charge in [-0.15, -0.1) is 0 Å². The van der Waals surface area contributed by atoms with Gasteiger partial charge < -0.3 is 10.1 Å². The summed E-state index contributed by atoms with van der Waals surface area (Å²) < 4.78 is 7.20. The Balaban J connectivity index is 1.97. The topological polar surface area (TPSA) is 119 Å². The fourth-order valence-corrected chi connectivity index (χ4v) is 4.20. The molecule has 2 aliphatic rings. The quantitative estimate of drug-likeness (QED) is 0.610. The predicted molar refractivity (Wildman–Crippen MR) is 94.5 cm³/mol. The number of ketones is 1. The van der Waals surface area contributed by atoms with Gasteiger partial charge in [-0.25, -0.2) is 0 Å². The molecule has 1 unspecified atom stereocenters. The molecule has 2 aromatic heterocycles. The summed E-state index contributed by atoms with van der Waals surface area (Å²) in [5.41, 5.74) is 0.579. The molecular weight excluding hydrogens is 360 g/mol. The first-order valence-electron chi connectivity index (χ1n) is 7.91. The zero-order chi connectivity index (χ0) is 18.8. The number of nitro groups is 1. The van der Waals surface area contributed by atoms with E-state index < -0.39 is 16.4 Å². The largest absolute Gasteiger partial charge is 0.361 e. The van der Waals surface area contributed by atoms with Crippen LogP contribution in [0.15, 0.2) is 27.5 Å². The molecule has 26 heavy (non-hydrogen) atoms. The van der Waals surface area contributed by atoms with Crippen molar-refractivity contribution in [1.29, 1.82) is 0 Å². The van der Waals surface area contributed by atoms with Gasteiger partial charge in [-0.1, -0.05) is 11.3 Å². The number of carbonyl (C=O) groups excluding carboxylic acids is 1. The molecule has 4 rings (SSSR count). The lowest BCUT2D eigenvalue weighted by atomic mass is 9.77. The van der Waals surface area contributed by atoms with Crippen LogP contribution >= 0.6 is 11.3 Å². The van der Waals surface area contributed by atoms with Gasteiger partial charge >= 0.3 is 5.00 Å². The first kappa shape index (κ1) is 16.7. The van der Waals surface area contributed by atoms with E-state index >= 15 is 0 Å². The van der Waals surface area contributed by atoms with Crippen molar-refractivity contribution < 1.29 is 14.5 Å². The van der Waals surface area contributed by atoms with Crippen LogP contribution in [0.25, 0.3) is 0 Å².